The standard InChI is InChI=1S/C21H26N2O6S/c1-3-29-19-7-5-4-6-16(19)15-22-21(24)18-14-17(8-9-20(18)27-2)30(25,26)23-10-12-28-13-11-23/h4-9,14H,3,10-13,15H2,1-2H3,(H,22,24). The van der Waals surface area contributed by atoms with Gasteiger partial charge in [-0.2, -0.15) is 4.31 Å². The average molecular weight is 435 g/mol. The lowest BCUT2D eigenvalue weighted by atomic mass is 10.1. The molecule has 1 amide bonds. The van der Waals surface area contributed by atoms with E-state index in [0.29, 0.717) is 31.3 Å². The average Bonchev–Trinajstić information content (AvgIpc) is 2.78. The molecule has 1 saturated heterocycles. The number of rotatable bonds is 8. The summed E-state index contributed by atoms with van der Waals surface area (Å²) >= 11 is 0. The van der Waals surface area contributed by atoms with Crippen molar-refractivity contribution in [2.24, 2.45) is 0 Å². The Bertz CT molecular complexity index is 987. The number of nitrogens with one attached hydrogen (secondary N) is 1. The Kier molecular flexibility index (Phi) is 7.30. The minimum Gasteiger partial charge on any atom is -0.496 e. The maximum Gasteiger partial charge on any atom is 0.255 e. The number of para-hydroxylation sites is 1. The topological polar surface area (TPSA) is 94.2 Å². The quantitative estimate of drug-likeness (QED) is 0.683. The summed E-state index contributed by atoms with van der Waals surface area (Å²) < 4.78 is 43.3. The third-order valence-electron chi connectivity index (χ3n) is 4.74. The first kappa shape index (κ1) is 22.1. The predicted molar refractivity (Wildman–Crippen MR) is 111 cm³/mol. The normalized spacial score (nSPS) is 14.9. The fourth-order valence-electron chi connectivity index (χ4n) is 3.18. The van der Waals surface area contributed by atoms with Crippen molar-refractivity contribution in [2.75, 3.05) is 40.0 Å². The van der Waals surface area contributed by atoms with Crippen molar-refractivity contribution >= 4 is 15.9 Å². The molecule has 1 N–H and O–H groups in total. The summed E-state index contributed by atoms with van der Waals surface area (Å²) in [5.74, 6) is 0.555. The molecule has 3 rings (SSSR count). The maximum atomic E-state index is 12.9. The molecule has 9 heteroatoms. The van der Waals surface area contributed by atoms with Crippen molar-refractivity contribution in [1.29, 1.82) is 0 Å². The van der Waals surface area contributed by atoms with Crippen molar-refractivity contribution in [3.05, 3.63) is 53.6 Å². The molecule has 0 saturated carbocycles. The van der Waals surface area contributed by atoms with Crippen LogP contribution in [-0.2, 0) is 21.3 Å². The monoisotopic (exact) mass is 434 g/mol. The van der Waals surface area contributed by atoms with Crippen LogP contribution in [-0.4, -0.2) is 58.7 Å². The van der Waals surface area contributed by atoms with Crippen molar-refractivity contribution < 1.29 is 27.4 Å². The highest BCUT2D eigenvalue weighted by Gasteiger charge is 2.28. The molecular weight excluding hydrogens is 408 g/mol. The lowest BCUT2D eigenvalue weighted by molar-refractivity contribution is 0.0730. The number of morpholine rings is 1. The molecule has 1 aliphatic rings. The Labute approximate surface area is 176 Å². The van der Waals surface area contributed by atoms with Crippen LogP contribution >= 0.6 is 0 Å². The van der Waals surface area contributed by atoms with Crippen LogP contribution in [0.1, 0.15) is 22.8 Å². The minimum atomic E-state index is -3.73. The molecule has 2 aromatic carbocycles. The zero-order chi connectivity index (χ0) is 21.6. The molecule has 1 aliphatic heterocycles. The summed E-state index contributed by atoms with van der Waals surface area (Å²) in [7, 11) is -2.29. The van der Waals surface area contributed by atoms with E-state index in [1.54, 1.807) is 0 Å². The Hall–Kier alpha value is -2.62. The van der Waals surface area contributed by atoms with Crippen LogP contribution in [0, 0.1) is 0 Å². The van der Waals surface area contributed by atoms with E-state index in [1.165, 1.54) is 29.6 Å². The molecule has 2 aromatic rings. The van der Waals surface area contributed by atoms with Gasteiger partial charge in [-0.05, 0) is 31.2 Å². The summed E-state index contributed by atoms with van der Waals surface area (Å²) in [6.45, 7) is 3.90. The molecule has 162 valence electrons. The minimum absolute atomic E-state index is 0.0464. The van der Waals surface area contributed by atoms with Crippen LogP contribution in [0.2, 0.25) is 0 Å². The van der Waals surface area contributed by atoms with E-state index in [1.807, 2.05) is 31.2 Å². The van der Waals surface area contributed by atoms with E-state index in [2.05, 4.69) is 5.32 Å². The summed E-state index contributed by atoms with van der Waals surface area (Å²) in [5.41, 5.74) is 0.976. The third kappa shape index (κ3) is 4.92. The molecule has 0 radical (unpaired) electrons. The van der Waals surface area contributed by atoms with Gasteiger partial charge in [0.2, 0.25) is 10.0 Å². The van der Waals surface area contributed by atoms with Crippen LogP contribution in [0.5, 0.6) is 11.5 Å². The third-order valence-corrected chi connectivity index (χ3v) is 6.63. The summed E-state index contributed by atoms with van der Waals surface area (Å²) in [6, 6.07) is 11.7. The Balaban J connectivity index is 1.82. The predicted octanol–water partition coefficient (Wildman–Crippen LogP) is 2.04. The number of carbonyl (C=O) groups excluding carboxylic acids is 1. The van der Waals surface area contributed by atoms with E-state index in [9.17, 15) is 13.2 Å². The highest BCUT2D eigenvalue weighted by atomic mass is 32.2. The van der Waals surface area contributed by atoms with Gasteiger partial charge in [0.25, 0.3) is 5.91 Å². The van der Waals surface area contributed by atoms with E-state index < -0.39 is 15.9 Å². The second-order valence-corrected chi connectivity index (χ2v) is 8.54. The molecule has 0 atom stereocenters. The number of hydrogen-bond donors (Lipinski definition) is 1. The number of benzene rings is 2. The van der Waals surface area contributed by atoms with Gasteiger partial charge in [-0.25, -0.2) is 8.42 Å². The molecule has 0 unspecified atom stereocenters. The number of amides is 1. The van der Waals surface area contributed by atoms with Gasteiger partial charge in [0.1, 0.15) is 11.5 Å². The van der Waals surface area contributed by atoms with Crippen LogP contribution in [0.25, 0.3) is 0 Å². The molecule has 0 aliphatic carbocycles. The van der Waals surface area contributed by atoms with Crippen LogP contribution < -0.4 is 14.8 Å². The SMILES string of the molecule is CCOc1ccccc1CNC(=O)c1cc(S(=O)(=O)N2CCOCC2)ccc1OC. The van der Waals surface area contributed by atoms with E-state index in [-0.39, 0.29) is 30.1 Å². The van der Waals surface area contributed by atoms with Gasteiger partial charge in [-0.15, -0.1) is 0 Å². The molecule has 30 heavy (non-hydrogen) atoms. The Morgan fingerprint density at radius 3 is 2.57 bits per heavy atom. The zero-order valence-electron chi connectivity index (χ0n) is 17.1. The van der Waals surface area contributed by atoms with Crippen LogP contribution in [0.4, 0.5) is 0 Å². The van der Waals surface area contributed by atoms with Crippen molar-refractivity contribution in [2.45, 2.75) is 18.4 Å². The maximum absolute atomic E-state index is 12.9. The molecular formula is C21H26N2O6S. The van der Waals surface area contributed by atoms with Crippen LogP contribution in [0.15, 0.2) is 47.4 Å². The molecule has 1 heterocycles. The Morgan fingerprint density at radius 1 is 1.13 bits per heavy atom. The lowest BCUT2D eigenvalue weighted by Crippen LogP contribution is -2.40. The summed E-state index contributed by atoms with van der Waals surface area (Å²) in [5, 5.41) is 2.82. The molecule has 8 nitrogen and oxygen atoms in total. The fourth-order valence-corrected chi connectivity index (χ4v) is 4.61. The Morgan fingerprint density at radius 2 is 1.87 bits per heavy atom. The van der Waals surface area contributed by atoms with Gasteiger partial charge < -0.3 is 19.5 Å². The number of methoxy groups -OCH3 is 1. The first-order valence-corrected chi connectivity index (χ1v) is 11.2. The fraction of sp³-hybridized carbons (Fsp3) is 0.381. The largest absolute Gasteiger partial charge is 0.496 e. The molecule has 0 spiro atoms. The zero-order valence-corrected chi connectivity index (χ0v) is 17.9. The van der Waals surface area contributed by atoms with Gasteiger partial charge >= 0.3 is 0 Å². The van der Waals surface area contributed by atoms with E-state index >= 15 is 0 Å². The number of sulfonamides is 1. The lowest BCUT2D eigenvalue weighted by Gasteiger charge is -2.26. The second-order valence-electron chi connectivity index (χ2n) is 6.60. The number of ether oxygens (including phenoxy) is 3. The highest BCUT2D eigenvalue weighted by molar-refractivity contribution is 7.89. The number of hydrogen-bond acceptors (Lipinski definition) is 6. The van der Waals surface area contributed by atoms with Gasteiger partial charge in [-0.3, -0.25) is 4.79 Å². The van der Waals surface area contributed by atoms with E-state index in [4.69, 9.17) is 14.2 Å². The summed E-state index contributed by atoms with van der Waals surface area (Å²) in [4.78, 5) is 12.9. The number of nitrogens with zero attached hydrogens (tertiary/aromatic N) is 1. The highest BCUT2D eigenvalue weighted by Crippen LogP contribution is 2.25. The van der Waals surface area contributed by atoms with Crippen molar-refractivity contribution in [1.82, 2.24) is 9.62 Å². The smallest absolute Gasteiger partial charge is 0.255 e. The first-order valence-electron chi connectivity index (χ1n) is 9.72. The van der Waals surface area contributed by atoms with Gasteiger partial charge in [0, 0.05) is 25.2 Å². The van der Waals surface area contributed by atoms with Crippen molar-refractivity contribution in [3.8, 4) is 11.5 Å². The number of carbonyl (C=O) groups is 1. The summed E-state index contributed by atoms with van der Waals surface area (Å²) in [6.07, 6.45) is 0. The molecule has 0 bridgehead atoms. The first-order chi connectivity index (χ1) is 14.5. The van der Waals surface area contributed by atoms with Crippen LogP contribution in [0.3, 0.4) is 0 Å². The molecule has 0 aromatic heterocycles. The van der Waals surface area contributed by atoms with Gasteiger partial charge in [0.05, 0.1) is 37.4 Å². The second kappa shape index (κ2) is 9.92. The van der Waals surface area contributed by atoms with Gasteiger partial charge in [0.15, 0.2) is 0 Å². The molecule has 1 fully saturated rings. The van der Waals surface area contributed by atoms with E-state index in [0.717, 1.165) is 5.56 Å². The van der Waals surface area contributed by atoms with Crippen molar-refractivity contribution in [3.63, 3.8) is 0 Å². The van der Waals surface area contributed by atoms with Gasteiger partial charge in [-0.1, -0.05) is 18.2 Å².